The van der Waals surface area contributed by atoms with Gasteiger partial charge in [-0.15, -0.1) is 0 Å². The van der Waals surface area contributed by atoms with E-state index < -0.39 is 0 Å². The first-order chi connectivity index (χ1) is 8.16. The van der Waals surface area contributed by atoms with Crippen molar-refractivity contribution < 1.29 is 4.92 Å². The number of hydrogen-bond donors (Lipinski definition) is 0. The number of nitrogens with zero attached hydrogens (tertiary/aromatic N) is 2. The molecule has 0 spiro atoms. The second-order valence-corrected chi connectivity index (χ2v) is 5.14. The SMILES string of the molecule is CN1CCc2c([N+](=O)[O-])ccc3c2C(CC3)C1. The molecule has 1 unspecified atom stereocenters. The highest BCUT2D eigenvalue weighted by molar-refractivity contribution is 5.53. The number of hydrogen-bond acceptors (Lipinski definition) is 3. The van der Waals surface area contributed by atoms with Gasteiger partial charge in [-0.25, -0.2) is 0 Å². The Labute approximate surface area is 100 Å². The van der Waals surface area contributed by atoms with Gasteiger partial charge in [0.2, 0.25) is 0 Å². The monoisotopic (exact) mass is 232 g/mol. The Morgan fingerprint density at radius 2 is 2.24 bits per heavy atom. The lowest BCUT2D eigenvalue weighted by atomic mass is 9.94. The fourth-order valence-electron chi connectivity index (χ4n) is 3.29. The Morgan fingerprint density at radius 1 is 1.41 bits per heavy atom. The molecule has 0 saturated heterocycles. The molecule has 1 heterocycles. The van der Waals surface area contributed by atoms with Crippen molar-refractivity contribution in [2.24, 2.45) is 0 Å². The molecule has 0 amide bonds. The van der Waals surface area contributed by atoms with Gasteiger partial charge in [0.25, 0.3) is 5.69 Å². The number of benzene rings is 1. The maximum Gasteiger partial charge on any atom is 0.272 e. The van der Waals surface area contributed by atoms with Crippen LogP contribution >= 0.6 is 0 Å². The molecule has 4 heteroatoms. The van der Waals surface area contributed by atoms with Crippen LogP contribution in [0.3, 0.4) is 0 Å². The molecule has 0 aromatic heterocycles. The highest BCUT2D eigenvalue weighted by Gasteiger charge is 2.32. The van der Waals surface area contributed by atoms with Crippen molar-refractivity contribution in [3.8, 4) is 0 Å². The Balaban J connectivity index is 2.17. The van der Waals surface area contributed by atoms with Crippen LogP contribution in [-0.2, 0) is 12.8 Å². The van der Waals surface area contributed by atoms with Crippen molar-refractivity contribution >= 4 is 5.69 Å². The fraction of sp³-hybridized carbons (Fsp3) is 0.538. The van der Waals surface area contributed by atoms with E-state index in [1.807, 2.05) is 6.07 Å². The summed E-state index contributed by atoms with van der Waals surface area (Å²) < 4.78 is 0. The molecule has 1 atom stereocenters. The van der Waals surface area contributed by atoms with E-state index in [0.717, 1.165) is 37.9 Å². The van der Waals surface area contributed by atoms with E-state index >= 15 is 0 Å². The average Bonchev–Trinajstić information content (AvgIpc) is 2.60. The highest BCUT2D eigenvalue weighted by atomic mass is 16.6. The van der Waals surface area contributed by atoms with Crippen LogP contribution in [-0.4, -0.2) is 30.0 Å². The second kappa shape index (κ2) is 3.81. The lowest BCUT2D eigenvalue weighted by Crippen LogP contribution is -2.23. The Hall–Kier alpha value is -1.42. The van der Waals surface area contributed by atoms with Crippen LogP contribution in [0.4, 0.5) is 5.69 Å². The molecule has 2 aliphatic rings. The molecule has 4 nitrogen and oxygen atoms in total. The van der Waals surface area contributed by atoms with Crippen molar-refractivity contribution in [1.82, 2.24) is 4.90 Å². The summed E-state index contributed by atoms with van der Waals surface area (Å²) in [7, 11) is 2.11. The summed E-state index contributed by atoms with van der Waals surface area (Å²) in [5.41, 5.74) is 3.96. The number of aryl methyl sites for hydroxylation is 1. The van der Waals surface area contributed by atoms with Crippen molar-refractivity contribution in [2.75, 3.05) is 20.1 Å². The van der Waals surface area contributed by atoms with Crippen LogP contribution in [0.15, 0.2) is 12.1 Å². The molecule has 0 radical (unpaired) electrons. The summed E-state index contributed by atoms with van der Waals surface area (Å²) in [5.74, 6) is 0.507. The van der Waals surface area contributed by atoms with Gasteiger partial charge in [0.05, 0.1) is 4.92 Å². The topological polar surface area (TPSA) is 46.4 Å². The maximum absolute atomic E-state index is 11.1. The van der Waals surface area contributed by atoms with Gasteiger partial charge in [0.1, 0.15) is 0 Å². The van der Waals surface area contributed by atoms with E-state index in [1.54, 1.807) is 6.07 Å². The van der Waals surface area contributed by atoms with Crippen LogP contribution in [0.5, 0.6) is 0 Å². The third kappa shape index (κ3) is 1.63. The maximum atomic E-state index is 11.1. The van der Waals surface area contributed by atoms with Gasteiger partial charge >= 0.3 is 0 Å². The first-order valence-corrected chi connectivity index (χ1v) is 6.14. The third-order valence-corrected chi connectivity index (χ3v) is 4.07. The first kappa shape index (κ1) is 10.7. The second-order valence-electron chi connectivity index (χ2n) is 5.14. The minimum atomic E-state index is -0.226. The van der Waals surface area contributed by atoms with Gasteiger partial charge in [-0.3, -0.25) is 10.1 Å². The van der Waals surface area contributed by atoms with Crippen molar-refractivity contribution in [1.29, 1.82) is 0 Å². The fourth-order valence-corrected chi connectivity index (χ4v) is 3.29. The minimum Gasteiger partial charge on any atom is -0.305 e. The smallest absolute Gasteiger partial charge is 0.272 e. The summed E-state index contributed by atoms with van der Waals surface area (Å²) in [6.45, 7) is 1.97. The molecule has 1 aromatic carbocycles. The normalized spacial score (nSPS) is 23.2. The Bertz CT molecular complexity index is 485. The van der Waals surface area contributed by atoms with Gasteiger partial charge in [0.15, 0.2) is 0 Å². The van der Waals surface area contributed by atoms with Gasteiger partial charge in [-0.1, -0.05) is 6.07 Å². The lowest BCUT2D eigenvalue weighted by molar-refractivity contribution is -0.385. The molecule has 0 N–H and O–H groups in total. The van der Waals surface area contributed by atoms with Gasteiger partial charge in [-0.05, 0) is 43.4 Å². The molecular weight excluding hydrogens is 216 g/mol. The van der Waals surface area contributed by atoms with E-state index in [4.69, 9.17) is 0 Å². The van der Waals surface area contributed by atoms with Crippen LogP contribution < -0.4 is 0 Å². The summed E-state index contributed by atoms with van der Waals surface area (Å²) >= 11 is 0. The molecule has 90 valence electrons. The molecule has 1 aliphatic heterocycles. The Morgan fingerprint density at radius 3 is 3.00 bits per heavy atom. The molecule has 0 fully saturated rings. The quantitative estimate of drug-likeness (QED) is 0.550. The van der Waals surface area contributed by atoms with Crippen LogP contribution in [0.1, 0.15) is 29.0 Å². The molecule has 0 saturated carbocycles. The predicted molar refractivity (Wildman–Crippen MR) is 65.4 cm³/mol. The first-order valence-electron chi connectivity index (χ1n) is 6.14. The van der Waals surface area contributed by atoms with E-state index in [-0.39, 0.29) is 4.92 Å². The third-order valence-electron chi connectivity index (χ3n) is 4.07. The van der Waals surface area contributed by atoms with Gasteiger partial charge in [0, 0.05) is 24.7 Å². The zero-order valence-corrected chi connectivity index (χ0v) is 9.98. The molecular formula is C13H16N2O2. The van der Waals surface area contributed by atoms with Crippen molar-refractivity contribution in [2.45, 2.75) is 25.2 Å². The number of rotatable bonds is 1. The van der Waals surface area contributed by atoms with Crippen molar-refractivity contribution in [3.05, 3.63) is 38.9 Å². The molecule has 1 aliphatic carbocycles. The van der Waals surface area contributed by atoms with E-state index in [9.17, 15) is 10.1 Å². The van der Waals surface area contributed by atoms with Crippen LogP contribution in [0, 0.1) is 10.1 Å². The number of likely N-dealkylation sites (N-methyl/N-ethyl adjacent to an activating group) is 1. The summed E-state index contributed by atoms with van der Waals surface area (Å²) in [4.78, 5) is 13.2. The number of nitro benzene ring substituents is 1. The van der Waals surface area contributed by atoms with Crippen molar-refractivity contribution in [3.63, 3.8) is 0 Å². The molecule has 3 rings (SSSR count). The summed E-state index contributed by atoms with van der Waals surface area (Å²) in [6, 6.07) is 3.66. The Kier molecular flexibility index (Phi) is 2.40. The predicted octanol–water partition coefficient (Wildman–Crippen LogP) is 2.11. The van der Waals surface area contributed by atoms with Crippen LogP contribution in [0.2, 0.25) is 0 Å². The summed E-state index contributed by atoms with van der Waals surface area (Å²) in [6.07, 6.45) is 3.04. The van der Waals surface area contributed by atoms with E-state index in [0.29, 0.717) is 11.6 Å². The lowest BCUT2D eigenvalue weighted by Gasteiger charge is -2.17. The molecule has 0 bridgehead atoms. The molecule has 1 aromatic rings. The van der Waals surface area contributed by atoms with E-state index in [1.165, 1.54) is 11.1 Å². The van der Waals surface area contributed by atoms with Gasteiger partial charge in [-0.2, -0.15) is 0 Å². The van der Waals surface area contributed by atoms with Crippen LogP contribution in [0.25, 0.3) is 0 Å². The molecule has 17 heavy (non-hydrogen) atoms. The number of nitro groups is 1. The zero-order chi connectivity index (χ0) is 12.0. The summed E-state index contributed by atoms with van der Waals surface area (Å²) in [5, 5.41) is 11.1. The average molecular weight is 232 g/mol. The minimum absolute atomic E-state index is 0.226. The van der Waals surface area contributed by atoms with Gasteiger partial charge < -0.3 is 4.90 Å². The highest BCUT2D eigenvalue weighted by Crippen LogP contribution is 2.41. The largest absolute Gasteiger partial charge is 0.305 e. The zero-order valence-electron chi connectivity index (χ0n) is 9.98. The van der Waals surface area contributed by atoms with E-state index in [2.05, 4.69) is 11.9 Å². The standard InChI is InChI=1S/C13H16N2O2/c1-14-7-6-11-12(15(16)17)5-4-9-2-3-10(8-14)13(9)11/h4-5,10H,2-3,6-8H2,1H3.